The van der Waals surface area contributed by atoms with E-state index in [1.807, 2.05) is 0 Å². The molecule has 0 aromatic carbocycles. The fourth-order valence-electron chi connectivity index (χ4n) is 0. The van der Waals surface area contributed by atoms with E-state index in [0.717, 1.165) is 0 Å². The quantitative estimate of drug-likeness (QED) is 0.373. The molecule has 0 fully saturated rings. The molecule has 0 aromatic heterocycles. The van der Waals surface area contributed by atoms with Crippen LogP contribution < -0.4 is 0 Å². The van der Waals surface area contributed by atoms with E-state index in [-0.39, 0.29) is 7.43 Å². The number of hydrogen-bond acceptors (Lipinski definition) is 0. The highest BCUT2D eigenvalue weighted by Gasteiger charge is 0.456. The van der Waals surface area contributed by atoms with Crippen LogP contribution in [0.4, 0.5) is 0 Å². The van der Waals surface area contributed by atoms with Gasteiger partial charge in [-0.2, -0.15) is 0 Å². The molecule has 0 radical (unpaired) electrons. The fraction of sp³-hybridized carbons (Fsp3) is 0.200. The van der Waals surface area contributed by atoms with Gasteiger partial charge in [-0.1, -0.05) is 7.43 Å². The molecule has 0 nitrogen and oxygen atoms in total. The topological polar surface area (TPSA) is 0 Å². The summed E-state index contributed by atoms with van der Waals surface area (Å²) < 4.78 is 0. The summed E-state index contributed by atoms with van der Waals surface area (Å²) >= 11 is 0. The third kappa shape index (κ3) is 5.05. The van der Waals surface area contributed by atoms with Gasteiger partial charge in [0.15, 0.2) is 0 Å². The van der Waals surface area contributed by atoms with Gasteiger partial charge in [-0.25, -0.2) is 0 Å². The van der Waals surface area contributed by atoms with Crippen molar-refractivity contribution in [1.82, 2.24) is 0 Å². The summed E-state index contributed by atoms with van der Waals surface area (Å²) in [5.74, 6) is 0. The Balaban J connectivity index is -0.0000000133. The van der Waals surface area contributed by atoms with Crippen molar-refractivity contribution in [2.75, 3.05) is 0 Å². The van der Waals surface area contributed by atoms with Crippen molar-refractivity contribution in [2.45, 2.75) is 7.43 Å². The molecule has 0 saturated carbocycles. The molecule has 0 amide bonds. The van der Waals surface area contributed by atoms with Gasteiger partial charge in [0.05, 0.1) is 0 Å². The molecule has 5 heavy (non-hydrogen) atoms. The summed E-state index contributed by atoms with van der Waals surface area (Å²) in [5, 5.41) is 0. The molecule has 0 aliphatic rings. The van der Waals surface area contributed by atoms with E-state index in [1.165, 1.54) is 0 Å². The Labute approximate surface area is 34.2 Å². The Kier molecular flexibility index (Phi) is 116. The smallest absolute Gasteiger partial charge is 0.0776 e. The van der Waals surface area contributed by atoms with Crippen molar-refractivity contribution in [3.05, 3.63) is 0 Å². The molecule has 0 unspecified atom stereocenters. The van der Waals surface area contributed by atoms with Gasteiger partial charge in [-0.15, -0.1) is 25.7 Å². The van der Waals surface area contributed by atoms with E-state index < -0.39 is 0 Å². The monoisotopic (exact) mass is 68.1 g/mol. The zero-order valence-electron chi connectivity index (χ0n) is 2.31. The minimum Gasteiger partial charge on any atom is -0.124 e. The Hall–Kier alpha value is -0.880. The van der Waals surface area contributed by atoms with Gasteiger partial charge >= 0.3 is 0 Å². The summed E-state index contributed by atoms with van der Waals surface area (Å²) in [5.41, 5.74) is 0. The van der Waals surface area contributed by atoms with Crippen molar-refractivity contribution in [2.24, 2.45) is 0 Å². The van der Waals surface area contributed by atoms with Crippen LogP contribution in [0.3, 0.4) is 0 Å². The molecular formula is C5H8. The maximum absolute atomic E-state index is 4.00. The predicted molar refractivity (Wildman–Crippen MR) is 26.5 cm³/mol. The average Bonchev–Trinajstić information content (AvgIpc) is 1.50. The molecule has 0 heterocycles. The lowest BCUT2D eigenvalue weighted by molar-refractivity contribution is 2.50. The van der Waals surface area contributed by atoms with Gasteiger partial charge < -0.3 is 0 Å². The molecule has 0 aliphatic heterocycles. The van der Waals surface area contributed by atoms with E-state index in [0.29, 0.717) is 0 Å². The molecular weight excluding hydrogens is 60.1 g/mol. The van der Waals surface area contributed by atoms with Crippen molar-refractivity contribution in [3.8, 4) is 25.7 Å². The molecule has 0 aromatic rings. The Morgan fingerprint density at radius 1 is 0.600 bits per heavy atom. The molecule has 0 atom stereocenters. The Bertz CT molecular complexity index is 15.5. The van der Waals surface area contributed by atoms with Gasteiger partial charge in [0.25, 0.3) is 0 Å². The van der Waals surface area contributed by atoms with Gasteiger partial charge in [-0.05, 0) is 0 Å². The summed E-state index contributed by atoms with van der Waals surface area (Å²) in [6.07, 6.45) is 16.0. The van der Waals surface area contributed by atoms with E-state index in [9.17, 15) is 0 Å². The number of rotatable bonds is 0. The lowest BCUT2D eigenvalue weighted by Crippen LogP contribution is -0.576. The molecule has 0 saturated heterocycles. The van der Waals surface area contributed by atoms with Crippen LogP contribution >= 0.6 is 0 Å². The molecule has 0 bridgehead atoms. The molecule has 0 spiro atoms. The highest BCUT2D eigenvalue weighted by molar-refractivity contribution is 4.47. The minimum absolute atomic E-state index is 0. The van der Waals surface area contributed by atoms with Gasteiger partial charge in [-0.3, -0.25) is 0 Å². The molecule has 0 N–H and O–H groups in total. The second-order valence-electron chi connectivity index (χ2n) is 0. The minimum atomic E-state index is 0. The molecule has 0 heteroatoms. The van der Waals surface area contributed by atoms with Crippen LogP contribution in [0.15, 0.2) is 0 Å². The van der Waals surface area contributed by atoms with Gasteiger partial charge in [0.2, 0.25) is 0 Å². The largest absolute Gasteiger partial charge is 0.124 e. The van der Waals surface area contributed by atoms with E-state index in [1.54, 1.807) is 0 Å². The van der Waals surface area contributed by atoms with Gasteiger partial charge in [0.1, 0.15) is 0 Å². The second-order valence-corrected chi connectivity index (χ2v) is 0. The van der Waals surface area contributed by atoms with Crippen LogP contribution in [0.1, 0.15) is 7.43 Å². The zero-order chi connectivity index (χ0) is 4.00. The lowest BCUT2D eigenvalue weighted by Gasteiger charge is -0.701. The molecule has 0 aliphatic carbocycles. The first-order valence-corrected chi connectivity index (χ1v) is 0.667. The number of hydrogen-bond donors (Lipinski definition) is 0. The second kappa shape index (κ2) is 18.1. The average molecular weight is 68.1 g/mol. The van der Waals surface area contributed by atoms with Crippen LogP contribution in [-0.4, -0.2) is 0 Å². The lowest BCUT2D eigenvalue weighted by atomic mass is 11.4. The predicted octanol–water partition coefficient (Wildman–Crippen LogP) is 1.13. The van der Waals surface area contributed by atoms with E-state index in [4.69, 9.17) is 0 Å². The number of terminal acetylenes is 2. The van der Waals surface area contributed by atoms with Crippen LogP contribution in [-0.2, 0) is 0 Å². The Morgan fingerprint density at radius 3 is 0.600 bits per heavy atom. The summed E-state index contributed by atoms with van der Waals surface area (Å²) in [6, 6.07) is 0. The Morgan fingerprint density at radius 2 is 0.600 bits per heavy atom. The maximum Gasteiger partial charge on any atom is -0.0776 e. The van der Waals surface area contributed by atoms with Crippen LogP contribution in [0.2, 0.25) is 0 Å². The zero-order valence-corrected chi connectivity index (χ0v) is 2.31. The first kappa shape index (κ1) is 32.0. The first-order chi connectivity index (χ1) is 2.00. The van der Waals surface area contributed by atoms with Crippen LogP contribution in [0, 0.1) is 25.7 Å². The summed E-state index contributed by atoms with van der Waals surface area (Å²) in [6.45, 7) is 0. The summed E-state index contributed by atoms with van der Waals surface area (Å²) in [4.78, 5) is 0. The van der Waals surface area contributed by atoms with Crippen molar-refractivity contribution < 1.29 is 0 Å². The SMILES string of the molecule is C.C#C.C#C. The standard InChI is InChI=1S/2C2H2.CH4/c2*1-2;/h2*1-2H;1H4. The van der Waals surface area contributed by atoms with Gasteiger partial charge in [0, 0.05) is 0 Å². The van der Waals surface area contributed by atoms with Crippen molar-refractivity contribution in [3.63, 3.8) is 0 Å². The van der Waals surface area contributed by atoms with Crippen molar-refractivity contribution in [1.29, 1.82) is 0 Å². The normalized spacial score (nSPS) is 0.800. The molecule has 0 rings (SSSR count). The van der Waals surface area contributed by atoms with E-state index in [2.05, 4.69) is 25.7 Å². The summed E-state index contributed by atoms with van der Waals surface area (Å²) in [7, 11) is 0. The highest BCUT2D eigenvalue weighted by Crippen LogP contribution is 0.581. The van der Waals surface area contributed by atoms with Crippen molar-refractivity contribution >= 4 is 0 Å². The third-order valence-corrected chi connectivity index (χ3v) is 0. The maximum atomic E-state index is 4.00. The third-order valence-electron chi connectivity index (χ3n) is 0. The van der Waals surface area contributed by atoms with E-state index >= 15 is 0 Å². The fourth-order valence-corrected chi connectivity index (χ4v) is 0. The first-order valence-electron chi connectivity index (χ1n) is 0.667. The van der Waals surface area contributed by atoms with Crippen LogP contribution in [0.5, 0.6) is 0 Å². The molecule has 28 valence electrons. The highest BCUT2D eigenvalue weighted by atomic mass is 12.6. The van der Waals surface area contributed by atoms with Crippen LogP contribution in [0.25, 0.3) is 0 Å².